The van der Waals surface area contributed by atoms with Gasteiger partial charge in [-0.15, -0.1) is 0 Å². The van der Waals surface area contributed by atoms with E-state index in [0.29, 0.717) is 0 Å². The molecule has 0 saturated heterocycles. The van der Waals surface area contributed by atoms with Crippen LogP contribution in [-0.4, -0.2) is 58.7 Å². The van der Waals surface area contributed by atoms with Crippen LogP contribution in [0.2, 0.25) is 0 Å². The molecule has 2 amide bonds. The highest BCUT2D eigenvalue weighted by molar-refractivity contribution is 6.02. The number of nitrogens with zero attached hydrogens (tertiary/aromatic N) is 2. The third-order valence-corrected chi connectivity index (χ3v) is 6.15. The van der Waals surface area contributed by atoms with Gasteiger partial charge in [-0.3, -0.25) is 9.48 Å². The molecular formula is C25H26N4O6. The van der Waals surface area contributed by atoms with Crippen molar-refractivity contribution in [1.82, 2.24) is 15.1 Å². The fourth-order valence-electron chi connectivity index (χ4n) is 4.24. The lowest BCUT2D eigenvalue weighted by Crippen LogP contribution is -2.51. The van der Waals surface area contributed by atoms with Gasteiger partial charge < -0.3 is 25.2 Å². The molecular weight excluding hydrogens is 452 g/mol. The first-order valence-corrected chi connectivity index (χ1v) is 11.0. The number of aromatic nitrogens is 2. The van der Waals surface area contributed by atoms with Crippen molar-refractivity contribution in [2.45, 2.75) is 25.0 Å². The van der Waals surface area contributed by atoms with E-state index in [2.05, 4.69) is 15.7 Å². The van der Waals surface area contributed by atoms with Crippen molar-refractivity contribution >= 4 is 23.8 Å². The predicted molar refractivity (Wildman–Crippen MR) is 127 cm³/mol. The van der Waals surface area contributed by atoms with Crippen molar-refractivity contribution in [2.24, 2.45) is 7.05 Å². The second-order valence-corrected chi connectivity index (χ2v) is 8.21. The second-order valence-electron chi connectivity index (χ2n) is 8.21. The summed E-state index contributed by atoms with van der Waals surface area (Å²) in [4.78, 5) is 37.1. The van der Waals surface area contributed by atoms with Crippen molar-refractivity contribution in [1.29, 1.82) is 0 Å². The van der Waals surface area contributed by atoms with Crippen LogP contribution in [0.3, 0.4) is 0 Å². The van der Waals surface area contributed by atoms with Crippen LogP contribution < -0.4 is 10.6 Å². The highest BCUT2D eigenvalue weighted by atomic mass is 16.5. The first-order chi connectivity index (χ1) is 16.8. The first-order valence-electron chi connectivity index (χ1n) is 11.0. The Hall–Kier alpha value is -4.18. The molecule has 0 bridgehead atoms. The molecule has 0 radical (unpaired) electrons. The number of carboxylic acid groups (broad SMARTS) is 1. The standard InChI is InChI=1S/C25H26N4O6/c1-14(34-3)21(23(30)28-22-19(24(31)32)12-26-29(22)2)27-25(33)35-13-20-17-10-6-4-8-15(17)16-9-5-7-11-18(16)20/h4-12,14,20-21H,13H2,1-3H3,(H,27,33)(H,28,30)(H,31,32). The summed E-state index contributed by atoms with van der Waals surface area (Å²) in [5.41, 5.74) is 4.17. The number of hydrogen-bond acceptors (Lipinski definition) is 6. The third-order valence-electron chi connectivity index (χ3n) is 6.15. The monoisotopic (exact) mass is 478 g/mol. The molecule has 35 heavy (non-hydrogen) atoms. The summed E-state index contributed by atoms with van der Waals surface area (Å²) in [6, 6.07) is 14.8. The van der Waals surface area contributed by atoms with E-state index >= 15 is 0 Å². The Labute approximate surface area is 201 Å². The van der Waals surface area contributed by atoms with Crippen molar-refractivity contribution in [3.8, 4) is 11.1 Å². The number of carbonyl (C=O) groups excluding carboxylic acids is 2. The predicted octanol–water partition coefficient (Wildman–Crippen LogP) is 3.00. The molecule has 1 aliphatic carbocycles. The van der Waals surface area contributed by atoms with Crippen LogP contribution >= 0.6 is 0 Å². The van der Waals surface area contributed by atoms with E-state index in [9.17, 15) is 19.5 Å². The smallest absolute Gasteiger partial charge is 0.407 e. The first kappa shape index (κ1) is 24.0. The normalized spacial score (nSPS) is 13.9. The lowest BCUT2D eigenvalue weighted by molar-refractivity contribution is -0.121. The molecule has 0 aliphatic heterocycles. The summed E-state index contributed by atoms with van der Waals surface area (Å²) in [5.74, 6) is -2.05. The number of amides is 2. The van der Waals surface area contributed by atoms with Crippen LogP contribution in [0.5, 0.6) is 0 Å². The molecule has 2 atom stereocenters. The zero-order chi connectivity index (χ0) is 25.1. The minimum absolute atomic E-state index is 0.00913. The zero-order valence-corrected chi connectivity index (χ0v) is 19.5. The average Bonchev–Trinajstić information content (AvgIpc) is 3.38. The molecule has 0 fully saturated rings. The Kier molecular flexibility index (Phi) is 6.83. The van der Waals surface area contributed by atoms with Gasteiger partial charge in [-0.2, -0.15) is 5.10 Å². The molecule has 3 N–H and O–H groups in total. The molecule has 1 aromatic heterocycles. The lowest BCUT2D eigenvalue weighted by atomic mass is 9.98. The van der Waals surface area contributed by atoms with E-state index in [1.54, 1.807) is 6.92 Å². The minimum atomic E-state index is -1.24. The number of carbonyl (C=O) groups is 3. The lowest BCUT2D eigenvalue weighted by Gasteiger charge is -2.23. The number of alkyl carbamates (subject to hydrolysis) is 1. The number of methoxy groups -OCH3 is 1. The fraction of sp³-hybridized carbons (Fsp3) is 0.280. The number of aromatic carboxylic acids is 1. The van der Waals surface area contributed by atoms with Gasteiger partial charge in [0.25, 0.3) is 5.91 Å². The number of ether oxygens (including phenoxy) is 2. The van der Waals surface area contributed by atoms with E-state index in [1.807, 2.05) is 48.5 Å². The van der Waals surface area contributed by atoms with Gasteiger partial charge in [0, 0.05) is 20.1 Å². The molecule has 0 saturated carbocycles. The summed E-state index contributed by atoms with van der Waals surface area (Å²) in [5, 5.41) is 18.2. The number of carboxylic acids is 1. The van der Waals surface area contributed by atoms with Crippen LogP contribution in [0.1, 0.15) is 34.3 Å². The highest BCUT2D eigenvalue weighted by Gasteiger charge is 2.32. The minimum Gasteiger partial charge on any atom is -0.477 e. The summed E-state index contributed by atoms with van der Waals surface area (Å²) in [6.45, 7) is 1.69. The molecule has 3 aromatic rings. The molecule has 10 nitrogen and oxygen atoms in total. The molecule has 4 rings (SSSR count). The Morgan fingerprint density at radius 3 is 2.26 bits per heavy atom. The van der Waals surface area contributed by atoms with Gasteiger partial charge in [-0.05, 0) is 29.2 Å². The molecule has 182 valence electrons. The zero-order valence-electron chi connectivity index (χ0n) is 19.5. The topological polar surface area (TPSA) is 132 Å². The Bertz CT molecular complexity index is 1220. The number of fused-ring (bicyclic) bond motifs is 3. The van der Waals surface area contributed by atoms with Crippen LogP contribution in [0.4, 0.5) is 10.6 Å². The van der Waals surface area contributed by atoms with E-state index in [0.717, 1.165) is 28.5 Å². The second kappa shape index (κ2) is 9.98. The number of nitrogens with one attached hydrogen (secondary N) is 2. The summed E-state index contributed by atoms with van der Waals surface area (Å²) >= 11 is 0. The average molecular weight is 479 g/mol. The van der Waals surface area contributed by atoms with E-state index < -0.39 is 30.1 Å². The van der Waals surface area contributed by atoms with Crippen molar-refractivity contribution < 1.29 is 29.0 Å². The van der Waals surface area contributed by atoms with Gasteiger partial charge in [0.2, 0.25) is 0 Å². The van der Waals surface area contributed by atoms with Gasteiger partial charge in [0.05, 0.1) is 12.3 Å². The van der Waals surface area contributed by atoms with Crippen molar-refractivity contribution in [2.75, 3.05) is 19.0 Å². The maximum Gasteiger partial charge on any atom is 0.407 e. The van der Waals surface area contributed by atoms with E-state index in [1.165, 1.54) is 18.8 Å². The highest BCUT2D eigenvalue weighted by Crippen LogP contribution is 2.44. The number of benzene rings is 2. The number of anilines is 1. The van der Waals surface area contributed by atoms with Gasteiger partial charge in [0.15, 0.2) is 0 Å². The van der Waals surface area contributed by atoms with Crippen molar-refractivity contribution in [3.05, 3.63) is 71.4 Å². The molecule has 1 aliphatic rings. The molecule has 2 unspecified atom stereocenters. The molecule has 1 heterocycles. The maximum atomic E-state index is 13.0. The number of rotatable bonds is 8. The van der Waals surface area contributed by atoms with Crippen LogP contribution in [0, 0.1) is 0 Å². The third kappa shape index (κ3) is 4.73. The van der Waals surface area contributed by atoms with Gasteiger partial charge in [-0.1, -0.05) is 48.5 Å². The summed E-state index contributed by atoms with van der Waals surface area (Å²) < 4.78 is 12.0. The van der Waals surface area contributed by atoms with Gasteiger partial charge in [0.1, 0.15) is 24.0 Å². The molecule has 10 heteroatoms. The van der Waals surface area contributed by atoms with Gasteiger partial charge >= 0.3 is 12.1 Å². The van der Waals surface area contributed by atoms with Crippen LogP contribution in [-0.2, 0) is 21.3 Å². The number of aryl methyl sites for hydroxylation is 1. The SMILES string of the molecule is COC(C)C(NC(=O)OCC1c2ccccc2-c2ccccc21)C(=O)Nc1c(C(=O)O)cnn1C. The molecule has 0 spiro atoms. The van der Waals surface area contributed by atoms with Crippen molar-refractivity contribution in [3.63, 3.8) is 0 Å². The quantitative estimate of drug-likeness (QED) is 0.453. The van der Waals surface area contributed by atoms with E-state index in [4.69, 9.17) is 9.47 Å². The summed E-state index contributed by atoms with van der Waals surface area (Å²) in [6.07, 6.45) is -0.387. The Morgan fingerprint density at radius 1 is 1.09 bits per heavy atom. The summed E-state index contributed by atoms with van der Waals surface area (Å²) in [7, 11) is 2.90. The number of hydrogen-bond donors (Lipinski definition) is 3. The Balaban J connectivity index is 1.46. The van der Waals surface area contributed by atoms with Gasteiger partial charge in [-0.25, -0.2) is 9.59 Å². The largest absolute Gasteiger partial charge is 0.477 e. The van der Waals surface area contributed by atoms with E-state index in [-0.39, 0.29) is 23.9 Å². The Morgan fingerprint density at radius 2 is 1.69 bits per heavy atom. The van der Waals surface area contributed by atoms with Crippen LogP contribution in [0.25, 0.3) is 11.1 Å². The maximum absolute atomic E-state index is 13.0. The fourth-order valence-corrected chi connectivity index (χ4v) is 4.24. The molecule has 2 aromatic carbocycles. The van der Waals surface area contributed by atoms with Crippen LogP contribution in [0.15, 0.2) is 54.7 Å².